The summed E-state index contributed by atoms with van der Waals surface area (Å²) in [7, 11) is -4.48. The van der Waals surface area contributed by atoms with Gasteiger partial charge < -0.3 is 10.6 Å². The summed E-state index contributed by atoms with van der Waals surface area (Å²) < 4.78 is 47.4. The molecule has 0 spiro atoms. The van der Waals surface area contributed by atoms with Crippen LogP contribution in [0, 0.1) is 0 Å². The Hall–Kier alpha value is -2.32. The zero-order chi connectivity index (χ0) is 19.4. The summed E-state index contributed by atoms with van der Waals surface area (Å²) in [5.41, 5.74) is 2.99. The Morgan fingerprint density at radius 3 is 2.56 bits per heavy atom. The van der Waals surface area contributed by atoms with Crippen LogP contribution in [0.1, 0.15) is 33.1 Å². The van der Waals surface area contributed by atoms with E-state index in [1.807, 2.05) is 18.2 Å². The van der Waals surface area contributed by atoms with Crippen LogP contribution >= 0.6 is 0 Å². The van der Waals surface area contributed by atoms with Crippen molar-refractivity contribution in [3.63, 3.8) is 0 Å². The summed E-state index contributed by atoms with van der Waals surface area (Å²) in [6.07, 6.45) is 0.948. The molecule has 1 aliphatic heterocycles. The minimum atomic E-state index is -4.48. The number of rotatable bonds is 6. The maximum Gasteiger partial charge on any atom is 0.337 e. The number of hydrogen-bond acceptors (Lipinski definition) is 4. The number of alkyl halides is 2. The van der Waals surface area contributed by atoms with Crippen LogP contribution in [0.2, 0.25) is 0 Å². The molecular weight excluding hydrogens is 374 g/mol. The summed E-state index contributed by atoms with van der Waals surface area (Å²) in [5.74, 6) is -4.47. The molecule has 27 heavy (non-hydrogen) atoms. The average Bonchev–Trinajstić information content (AvgIpc) is 2.66. The topological polar surface area (TPSA) is 75.3 Å². The molecule has 0 bridgehead atoms. The number of carbonyl (C=O) groups is 1. The molecule has 2 aromatic rings. The van der Waals surface area contributed by atoms with Crippen LogP contribution in [-0.2, 0) is 22.0 Å². The zero-order valence-corrected chi connectivity index (χ0v) is 15.3. The SMILES string of the molecule is O=C(NCC1NCCc2ccccc21)c1ccc(CS(=O)(=O)C(F)F)cc1. The molecule has 1 unspecified atom stereocenters. The van der Waals surface area contributed by atoms with Crippen LogP contribution in [0.5, 0.6) is 0 Å². The summed E-state index contributed by atoms with van der Waals surface area (Å²) in [4.78, 5) is 12.3. The van der Waals surface area contributed by atoms with Crippen molar-refractivity contribution in [3.8, 4) is 0 Å². The molecule has 0 saturated heterocycles. The molecule has 3 rings (SSSR count). The number of hydrogen-bond donors (Lipinski definition) is 2. The van der Waals surface area contributed by atoms with Crippen molar-refractivity contribution in [2.45, 2.75) is 24.0 Å². The number of nitrogens with one attached hydrogen (secondary N) is 2. The minimum absolute atomic E-state index is 0.0226. The molecule has 0 saturated carbocycles. The highest BCUT2D eigenvalue weighted by Gasteiger charge is 2.24. The molecule has 0 aliphatic carbocycles. The first-order valence-corrected chi connectivity index (χ1v) is 10.3. The standard InChI is InChI=1S/C19H20F2N2O3S/c20-19(21)27(25,26)12-13-5-7-15(8-6-13)18(24)23-11-17-16-4-2-1-3-14(16)9-10-22-17/h1-8,17,19,22H,9-12H2,(H,23,24). The van der Waals surface area contributed by atoms with Gasteiger partial charge in [0.25, 0.3) is 5.91 Å². The van der Waals surface area contributed by atoms with Crippen molar-refractivity contribution in [2.75, 3.05) is 13.1 Å². The van der Waals surface area contributed by atoms with E-state index in [2.05, 4.69) is 16.7 Å². The van der Waals surface area contributed by atoms with Gasteiger partial charge in [0.05, 0.1) is 5.75 Å². The Labute approximate surface area is 156 Å². The molecule has 8 heteroatoms. The first-order valence-electron chi connectivity index (χ1n) is 8.55. The number of fused-ring (bicyclic) bond motifs is 1. The number of sulfone groups is 1. The molecule has 2 N–H and O–H groups in total. The lowest BCUT2D eigenvalue weighted by Gasteiger charge is -2.27. The van der Waals surface area contributed by atoms with E-state index in [0.29, 0.717) is 12.1 Å². The van der Waals surface area contributed by atoms with Crippen LogP contribution in [0.4, 0.5) is 8.78 Å². The van der Waals surface area contributed by atoms with E-state index in [4.69, 9.17) is 0 Å². The van der Waals surface area contributed by atoms with Gasteiger partial charge in [-0.3, -0.25) is 4.79 Å². The molecule has 2 aromatic carbocycles. The van der Waals surface area contributed by atoms with E-state index in [9.17, 15) is 22.0 Å². The van der Waals surface area contributed by atoms with Crippen LogP contribution in [0.25, 0.3) is 0 Å². The van der Waals surface area contributed by atoms with E-state index in [1.165, 1.54) is 29.8 Å². The molecule has 0 fully saturated rings. The lowest BCUT2D eigenvalue weighted by molar-refractivity contribution is 0.0949. The first kappa shape index (κ1) is 19.4. The molecule has 1 atom stereocenters. The predicted octanol–water partition coefficient (Wildman–Crippen LogP) is 2.44. The maximum atomic E-state index is 12.4. The van der Waals surface area contributed by atoms with Gasteiger partial charge in [-0.1, -0.05) is 36.4 Å². The average molecular weight is 394 g/mol. The van der Waals surface area contributed by atoms with Gasteiger partial charge in [0.1, 0.15) is 0 Å². The Morgan fingerprint density at radius 1 is 1.15 bits per heavy atom. The monoisotopic (exact) mass is 394 g/mol. The van der Waals surface area contributed by atoms with Crippen molar-refractivity contribution >= 4 is 15.7 Å². The largest absolute Gasteiger partial charge is 0.350 e. The highest BCUT2D eigenvalue weighted by molar-refractivity contribution is 7.90. The van der Waals surface area contributed by atoms with Crippen molar-refractivity contribution in [1.82, 2.24) is 10.6 Å². The van der Waals surface area contributed by atoms with Gasteiger partial charge in [-0.05, 0) is 41.8 Å². The molecular formula is C19H20F2N2O3S. The van der Waals surface area contributed by atoms with Crippen molar-refractivity contribution in [2.24, 2.45) is 0 Å². The summed E-state index contributed by atoms with van der Waals surface area (Å²) in [6, 6.07) is 13.7. The van der Waals surface area contributed by atoms with Crippen LogP contribution < -0.4 is 10.6 Å². The Balaban J connectivity index is 1.61. The Morgan fingerprint density at radius 2 is 1.85 bits per heavy atom. The quantitative estimate of drug-likeness (QED) is 0.789. The Bertz CT molecular complexity index is 915. The molecule has 0 aromatic heterocycles. The van der Waals surface area contributed by atoms with Gasteiger partial charge in [-0.2, -0.15) is 8.78 Å². The fourth-order valence-corrected chi connectivity index (χ4v) is 3.90. The van der Waals surface area contributed by atoms with E-state index in [1.54, 1.807) is 0 Å². The lowest BCUT2D eigenvalue weighted by Crippen LogP contribution is -2.38. The highest BCUT2D eigenvalue weighted by atomic mass is 32.2. The van der Waals surface area contributed by atoms with Crippen molar-refractivity contribution < 1.29 is 22.0 Å². The van der Waals surface area contributed by atoms with Crippen LogP contribution in [-0.4, -0.2) is 33.2 Å². The molecule has 5 nitrogen and oxygen atoms in total. The number of amides is 1. The maximum absolute atomic E-state index is 12.4. The minimum Gasteiger partial charge on any atom is -0.350 e. The number of benzene rings is 2. The third-order valence-corrected chi connectivity index (χ3v) is 5.82. The second-order valence-electron chi connectivity index (χ2n) is 6.43. The van der Waals surface area contributed by atoms with Gasteiger partial charge in [0, 0.05) is 18.2 Å². The van der Waals surface area contributed by atoms with E-state index < -0.39 is 21.3 Å². The van der Waals surface area contributed by atoms with Gasteiger partial charge in [0.2, 0.25) is 9.84 Å². The molecule has 1 heterocycles. The molecule has 1 amide bonds. The van der Waals surface area contributed by atoms with Crippen molar-refractivity contribution in [3.05, 3.63) is 70.8 Å². The fraction of sp³-hybridized carbons (Fsp3) is 0.316. The third kappa shape index (κ3) is 4.70. The second kappa shape index (κ2) is 8.14. The van der Waals surface area contributed by atoms with Gasteiger partial charge in [0.15, 0.2) is 0 Å². The molecule has 1 aliphatic rings. The van der Waals surface area contributed by atoms with Gasteiger partial charge in [-0.15, -0.1) is 0 Å². The van der Waals surface area contributed by atoms with Gasteiger partial charge >= 0.3 is 5.76 Å². The summed E-state index contributed by atoms with van der Waals surface area (Å²) >= 11 is 0. The van der Waals surface area contributed by atoms with E-state index >= 15 is 0 Å². The van der Waals surface area contributed by atoms with Crippen LogP contribution in [0.3, 0.4) is 0 Å². The second-order valence-corrected chi connectivity index (χ2v) is 8.40. The summed E-state index contributed by atoms with van der Waals surface area (Å²) in [6.45, 7) is 1.25. The number of halogens is 2. The van der Waals surface area contributed by atoms with E-state index in [0.717, 1.165) is 18.5 Å². The highest BCUT2D eigenvalue weighted by Crippen LogP contribution is 2.22. The predicted molar refractivity (Wildman–Crippen MR) is 98.3 cm³/mol. The first-order chi connectivity index (χ1) is 12.9. The third-order valence-electron chi connectivity index (χ3n) is 4.54. The van der Waals surface area contributed by atoms with Crippen molar-refractivity contribution in [1.29, 1.82) is 0 Å². The molecule has 144 valence electrons. The smallest absolute Gasteiger partial charge is 0.337 e. The summed E-state index contributed by atoms with van der Waals surface area (Å²) in [5, 5.41) is 6.23. The molecule has 0 radical (unpaired) electrons. The Kier molecular flexibility index (Phi) is 5.86. The fourth-order valence-electron chi connectivity index (χ4n) is 3.12. The zero-order valence-electron chi connectivity index (χ0n) is 14.5. The van der Waals surface area contributed by atoms with Gasteiger partial charge in [-0.25, -0.2) is 8.42 Å². The van der Waals surface area contributed by atoms with Crippen LogP contribution in [0.15, 0.2) is 48.5 Å². The lowest BCUT2D eigenvalue weighted by atomic mass is 9.94. The normalized spacial score (nSPS) is 16.8. The number of carbonyl (C=O) groups excluding carboxylic acids is 1. The van der Waals surface area contributed by atoms with E-state index in [-0.39, 0.29) is 17.5 Å².